The molecule has 0 saturated heterocycles. The molecule has 0 bridgehead atoms. The smallest absolute Gasteiger partial charge is 0.242 e. The highest BCUT2D eigenvalue weighted by Gasteiger charge is 2.14. The largest absolute Gasteiger partial charge is 0.354 e. The lowest BCUT2D eigenvalue weighted by molar-refractivity contribution is -0.128. The van der Waals surface area contributed by atoms with Crippen LogP contribution in [-0.4, -0.2) is 30.4 Å². The minimum Gasteiger partial charge on any atom is -0.354 e. The molecule has 0 spiro atoms. The third-order valence-electron chi connectivity index (χ3n) is 2.15. The number of carbonyl (C=O) groups is 2. The molecule has 0 heterocycles. The molecule has 16 heavy (non-hydrogen) atoms. The molecular formula is C11H23N3O2. The molecule has 2 unspecified atom stereocenters. The first-order valence-electron chi connectivity index (χ1n) is 5.80. The maximum atomic E-state index is 11.4. The molecule has 0 aromatic carbocycles. The number of hydrogen-bond donors (Lipinski definition) is 3. The first-order valence-corrected chi connectivity index (χ1v) is 5.80. The summed E-state index contributed by atoms with van der Waals surface area (Å²) in [5.74, 6) is -0.271. The van der Waals surface area contributed by atoms with Crippen molar-refractivity contribution in [3.05, 3.63) is 0 Å². The van der Waals surface area contributed by atoms with Crippen molar-refractivity contribution in [3.8, 4) is 0 Å². The van der Waals surface area contributed by atoms with E-state index >= 15 is 0 Å². The van der Waals surface area contributed by atoms with E-state index in [1.807, 2.05) is 13.8 Å². The Bertz CT molecular complexity index is 229. The molecule has 2 atom stereocenters. The van der Waals surface area contributed by atoms with Gasteiger partial charge in [0.25, 0.3) is 0 Å². The summed E-state index contributed by atoms with van der Waals surface area (Å²) in [6.07, 6.45) is 1.88. The number of carbonyl (C=O) groups excluding carboxylic acids is 2. The molecule has 0 fully saturated rings. The predicted octanol–water partition coefficient (Wildman–Crippen LogP) is 0.145. The van der Waals surface area contributed by atoms with E-state index in [0.29, 0.717) is 19.4 Å². The van der Waals surface area contributed by atoms with Gasteiger partial charge in [-0.3, -0.25) is 9.59 Å². The Kier molecular flexibility index (Phi) is 7.54. The third kappa shape index (κ3) is 7.23. The Hall–Kier alpha value is -1.10. The highest BCUT2D eigenvalue weighted by molar-refractivity contribution is 5.87. The normalized spacial score (nSPS) is 14.0. The summed E-state index contributed by atoms with van der Waals surface area (Å²) in [6, 6.07) is -0.470. The van der Waals surface area contributed by atoms with Crippen LogP contribution in [0.4, 0.5) is 0 Å². The van der Waals surface area contributed by atoms with E-state index in [0.717, 1.165) is 6.42 Å². The van der Waals surface area contributed by atoms with Crippen LogP contribution in [-0.2, 0) is 9.59 Å². The zero-order valence-corrected chi connectivity index (χ0v) is 10.4. The molecule has 0 saturated carbocycles. The van der Waals surface area contributed by atoms with E-state index < -0.39 is 6.04 Å². The van der Waals surface area contributed by atoms with Crippen LogP contribution >= 0.6 is 0 Å². The van der Waals surface area contributed by atoms with Gasteiger partial charge in [0, 0.05) is 19.0 Å². The summed E-state index contributed by atoms with van der Waals surface area (Å²) in [7, 11) is 0. The Morgan fingerprint density at radius 3 is 2.44 bits per heavy atom. The van der Waals surface area contributed by atoms with Crippen LogP contribution in [0.15, 0.2) is 0 Å². The average molecular weight is 229 g/mol. The van der Waals surface area contributed by atoms with Crippen molar-refractivity contribution in [1.29, 1.82) is 0 Å². The van der Waals surface area contributed by atoms with Crippen LogP contribution in [0.2, 0.25) is 0 Å². The number of nitrogens with one attached hydrogen (secondary N) is 2. The number of hydrogen-bond acceptors (Lipinski definition) is 3. The van der Waals surface area contributed by atoms with Crippen molar-refractivity contribution in [2.24, 2.45) is 5.73 Å². The second-order valence-corrected chi connectivity index (χ2v) is 4.10. The molecule has 5 heteroatoms. The van der Waals surface area contributed by atoms with Gasteiger partial charge in [0.05, 0.1) is 0 Å². The van der Waals surface area contributed by atoms with Crippen molar-refractivity contribution in [1.82, 2.24) is 10.6 Å². The summed E-state index contributed by atoms with van der Waals surface area (Å²) in [5, 5.41) is 5.36. The first kappa shape index (κ1) is 14.9. The molecule has 5 nitrogen and oxygen atoms in total. The topological polar surface area (TPSA) is 84.2 Å². The van der Waals surface area contributed by atoms with Crippen LogP contribution in [0, 0.1) is 0 Å². The average Bonchev–Trinajstić information content (AvgIpc) is 2.22. The lowest BCUT2D eigenvalue weighted by atomic mass is 10.2. The van der Waals surface area contributed by atoms with Gasteiger partial charge in [0.2, 0.25) is 11.8 Å². The van der Waals surface area contributed by atoms with Crippen molar-refractivity contribution >= 4 is 11.8 Å². The summed E-state index contributed by atoms with van der Waals surface area (Å²) >= 11 is 0. The summed E-state index contributed by atoms with van der Waals surface area (Å²) in [4.78, 5) is 22.8. The lowest BCUT2D eigenvalue weighted by Crippen LogP contribution is -2.45. The van der Waals surface area contributed by atoms with Gasteiger partial charge >= 0.3 is 0 Å². The fraction of sp³-hybridized carbons (Fsp3) is 0.818. The molecule has 2 amide bonds. The molecule has 0 radical (unpaired) electrons. The molecule has 0 aromatic heterocycles. The first-order chi connectivity index (χ1) is 7.47. The summed E-state index contributed by atoms with van der Waals surface area (Å²) in [5.41, 5.74) is 5.54. The number of nitrogens with two attached hydrogens (primary N) is 1. The zero-order valence-electron chi connectivity index (χ0n) is 10.4. The lowest BCUT2D eigenvalue weighted by Gasteiger charge is -2.14. The van der Waals surface area contributed by atoms with Gasteiger partial charge in [-0.25, -0.2) is 0 Å². The van der Waals surface area contributed by atoms with E-state index in [9.17, 15) is 9.59 Å². The predicted molar refractivity (Wildman–Crippen MR) is 63.8 cm³/mol. The van der Waals surface area contributed by atoms with E-state index in [2.05, 4.69) is 10.6 Å². The van der Waals surface area contributed by atoms with Crippen molar-refractivity contribution in [2.45, 2.75) is 52.1 Å². The molecule has 0 aliphatic heterocycles. The van der Waals surface area contributed by atoms with Gasteiger partial charge in [-0.15, -0.1) is 0 Å². The van der Waals surface area contributed by atoms with Crippen LogP contribution < -0.4 is 16.4 Å². The summed E-state index contributed by atoms with van der Waals surface area (Å²) < 4.78 is 0. The second-order valence-electron chi connectivity index (χ2n) is 4.10. The van der Waals surface area contributed by atoms with Gasteiger partial charge in [0.1, 0.15) is 6.04 Å². The Labute approximate surface area is 97.2 Å². The van der Waals surface area contributed by atoms with Crippen molar-refractivity contribution < 1.29 is 9.59 Å². The standard InChI is InChI=1S/C11H23N3O2/c1-4-7-13-11(16)9(3)14-10(15)6-5-8(2)12/h8-9H,4-7,12H2,1-3H3,(H,13,16)(H,14,15). The van der Waals surface area contributed by atoms with Gasteiger partial charge < -0.3 is 16.4 Å². The van der Waals surface area contributed by atoms with Crippen molar-refractivity contribution in [2.75, 3.05) is 6.54 Å². The maximum Gasteiger partial charge on any atom is 0.242 e. The number of amides is 2. The van der Waals surface area contributed by atoms with Gasteiger partial charge in [-0.1, -0.05) is 6.92 Å². The zero-order chi connectivity index (χ0) is 12.6. The molecular weight excluding hydrogens is 206 g/mol. The van der Waals surface area contributed by atoms with Crippen LogP contribution in [0.1, 0.15) is 40.0 Å². The quantitative estimate of drug-likeness (QED) is 0.581. The second kappa shape index (κ2) is 8.10. The van der Waals surface area contributed by atoms with E-state index in [4.69, 9.17) is 5.73 Å². The van der Waals surface area contributed by atoms with Crippen LogP contribution in [0.3, 0.4) is 0 Å². The maximum absolute atomic E-state index is 11.4. The molecule has 0 aliphatic carbocycles. The van der Waals surface area contributed by atoms with Gasteiger partial charge in [-0.2, -0.15) is 0 Å². The fourth-order valence-corrected chi connectivity index (χ4v) is 1.14. The van der Waals surface area contributed by atoms with Crippen molar-refractivity contribution in [3.63, 3.8) is 0 Å². The minimum absolute atomic E-state index is 0.00924. The van der Waals surface area contributed by atoms with E-state index in [1.165, 1.54) is 0 Å². The Balaban J connectivity index is 3.80. The van der Waals surface area contributed by atoms with Gasteiger partial charge in [-0.05, 0) is 26.7 Å². The van der Waals surface area contributed by atoms with E-state index in [-0.39, 0.29) is 17.9 Å². The van der Waals surface area contributed by atoms with Crippen LogP contribution in [0.25, 0.3) is 0 Å². The van der Waals surface area contributed by atoms with Gasteiger partial charge in [0.15, 0.2) is 0 Å². The monoisotopic (exact) mass is 229 g/mol. The molecule has 0 aliphatic rings. The Morgan fingerprint density at radius 1 is 1.31 bits per heavy atom. The molecule has 94 valence electrons. The Morgan fingerprint density at radius 2 is 1.94 bits per heavy atom. The number of rotatable bonds is 7. The minimum atomic E-state index is -0.480. The van der Waals surface area contributed by atoms with Crippen LogP contribution in [0.5, 0.6) is 0 Å². The SMILES string of the molecule is CCCNC(=O)C(C)NC(=O)CCC(C)N. The molecule has 4 N–H and O–H groups in total. The third-order valence-corrected chi connectivity index (χ3v) is 2.15. The fourth-order valence-electron chi connectivity index (χ4n) is 1.14. The molecule has 0 rings (SSSR count). The summed E-state index contributed by atoms with van der Waals surface area (Å²) in [6.45, 7) is 6.14. The van der Waals surface area contributed by atoms with E-state index in [1.54, 1.807) is 6.92 Å². The molecule has 0 aromatic rings. The highest BCUT2D eigenvalue weighted by atomic mass is 16.2. The highest BCUT2D eigenvalue weighted by Crippen LogP contribution is 1.94.